The summed E-state index contributed by atoms with van der Waals surface area (Å²) < 4.78 is 0. The van der Waals surface area contributed by atoms with Gasteiger partial charge in [-0.25, -0.2) is 0 Å². The van der Waals surface area contributed by atoms with E-state index in [0.29, 0.717) is 25.1 Å². The highest BCUT2D eigenvalue weighted by atomic mass is 16.2. The molecule has 6 nitrogen and oxygen atoms in total. The lowest BCUT2D eigenvalue weighted by Gasteiger charge is -2.34. The van der Waals surface area contributed by atoms with Crippen molar-refractivity contribution in [3.63, 3.8) is 0 Å². The highest BCUT2D eigenvalue weighted by Crippen LogP contribution is 2.25. The maximum Gasteiger partial charge on any atom is 0.243 e. The first-order valence-electron chi connectivity index (χ1n) is 9.02. The van der Waals surface area contributed by atoms with Crippen molar-refractivity contribution in [2.75, 3.05) is 13.6 Å². The van der Waals surface area contributed by atoms with E-state index in [1.54, 1.807) is 24.1 Å². The number of likely N-dealkylation sites (tertiary alicyclic amines) is 1. The van der Waals surface area contributed by atoms with E-state index in [9.17, 15) is 9.59 Å². The van der Waals surface area contributed by atoms with E-state index in [2.05, 4.69) is 16.7 Å². The molecule has 0 bridgehead atoms. The van der Waals surface area contributed by atoms with Gasteiger partial charge in [-0.3, -0.25) is 9.59 Å². The molecule has 6 heteroatoms. The number of carbonyl (C=O) groups is 2. The van der Waals surface area contributed by atoms with Crippen molar-refractivity contribution >= 4 is 11.8 Å². The van der Waals surface area contributed by atoms with E-state index in [1.165, 1.54) is 0 Å². The van der Waals surface area contributed by atoms with Crippen molar-refractivity contribution < 1.29 is 9.59 Å². The number of nitriles is 1. The van der Waals surface area contributed by atoms with Gasteiger partial charge in [0.1, 0.15) is 6.04 Å². The molecule has 26 heavy (non-hydrogen) atoms. The minimum absolute atomic E-state index is 0.0176. The summed E-state index contributed by atoms with van der Waals surface area (Å²) in [4.78, 5) is 27.3. The molecule has 0 saturated carbocycles. The molecule has 140 valence electrons. The maximum absolute atomic E-state index is 12.9. The first-order chi connectivity index (χ1) is 12.3. The van der Waals surface area contributed by atoms with Crippen LogP contribution in [0.2, 0.25) is 0 Å². The number of rotatable bonds is 5. The van der Waals surface area contributed by atoms with Crippen LogP contribution in [0.4, 0.5) is 0 Å². The quantitative estimate of drug-likeness (QED) is 0.842. The normalized spacial score (nSPS) is 18.3. The molecule has 1 aliphatic heterocycles. The molecular weight excluding hydrogens is 328 g/mol. The average Bonchev–Trinajstić information content (AvgIpc) is 3.09. The van der Waals surface area contributed by atoms with Crippen LogP contribution in [0.1, 0.15) is 44.7 Å². The summed E-state index contributed by atoms with van der Waals surface area (Å²) >= 11 is 0. The molecule has 2 amide bonds. The second kappa shape index (κ2) is 8.33. The maximum atomic E-state index is 12.9. The summed E-state index contributed by atoms with van der Waals surface area (Å²) in [6, 6.07) is 8.44. The van der Waals surface area contributed by atoms with Crippen LogP contribution in [0, 0.1) is 16.7 Å². The standard InChI is InChI=1S/C20H28N4O2/c1-20(2,3)17(22-4)19(26)24-11-5-6-16(24)18(25)23-13-15-9-7-14(12-21)8-10-15/h7-10,16-17,22H,5-6,11,13H2,1-4H3,(H,23,25). The molecular formula is C20H28N4O2. The van der Waals surface area contributed by atoms with Gasteiger partial charge >= 0.3 is 0 Å². The third-order valence-corrected chi connectivity index (χ3v) is 4.79. The number of hydrogen-bond acceptors (Lipinski definition) is 4. The highest BCUT2D eigenvalue weighted by molar-refractivity contribution is 5.90. The Kier molecular flexibility index (Phi) is 6.38. The zero-order chi connectivity index (χ0) is 19.3. The molecule has 1 heterocycles. The highest BCUT2D eigenvalue weighted by Gasteiger charge is 2.40. The molecule has 1 saturated heterocycles. The molecule has 0 aliphatic carbocycles. The number of benzene rings is 1. The molecule has 1 fully saturated rings. The topological polar surface area (TPSA) is 85.2 Å². The third kappa shape index (κ3) is 4.61. The van der Waals surface area contributed by atoms with Crippen molar-refractivity contribution in [1.82, 2.24) is 15.5 Å². The van der Waals surface area contributed by atoms with Gasteiger partial charge in [-0.2, -0.15) is 5.26 Å². The van der Waals surface area contributed by atoms with Crippen LogP contribution in [0.15, 0.2) is 24.3 Å². The van der Waals surface area contributed by atoms with E-state index >= 15 is 0 Å². The Morgan fingerprint density at radius 2 is 1.96 bits per heavy atom. The van der Waals surface area contributed by atoms with Crippen molar-refractivity contribution in [2.24, 2.45) is 5.41 Å². The Hall–Kier alpha value is -2.39. The minimum atomic E-state index is -0.418. The Morgan fingerprint density at radius 1 is 1.31 bits per heavy atom. The molecule has 2 rings (SSSR count). The monoisotopic (exact) mass is 356 g/mol. The van der Waals surface area contributed by atoms with Gasteiger partial charge < -0.3 is 15.5 Å². The molecule has 2 N–H and O–H groups in total. The fourth-order valence-corrected chi connectivity index (χ4v) is 3.40. The lowest BCUT2D eigenvalue weighted by molar-refractivity contribution is -0.142. The van der Waals surface area contributed by atoms with Crippen LogP contribution in [0.5, 0.6) is 0 Å². The van der Waals surface area contributed by atoms with Crippen LogP contribution in [-0.4, -0.2) is 42.4 Å². The molecule has 2 atom stereocenters. The number of likely N-dealkylation sites (N-methyl/N-ethyl adjacent to an activating group) is 1. The predicted molar refractivity (Wildman–Crippen MR) is 100 cm³/mol. The van der Waals surface area contributed by atoms with Gasteiger partial charge in [0.2, 0.25) is 11.8 Å². The summed E-state index contributed by atoms with van der Waals surface area (Å²) in [6.07, 6.45) is 1.52. The van der Waals surface area contributed by atoms with Crippen LogP contribution in [0.25, 0.3) is 0 Å². The van der Waals surface area contributed by atoms with E-state index in [-0.39, 0.29) is 23.3 Å². The van der Waals surface area contributed by atoms with Gasteiger partial charge in [-0.1, -0.05) is 32.9 Å². The SMILES string of the molecule is CNC(C(=O)N1CCCC1C(=O)NCc1ccc(C#N)cc1)C(C)(C)C. The van der Waals surface area contributed by atoms with Crippen LogP contribution in [0.3, 0.4) is 0 Å². The number of amides is 2. The van der Waals surface area contributed by atoms with Gasteiger partial charge in [-0.15, -0.1) is 0 Å². The summed E-state index contributed by atoms with van der Waals surface area (Å²) in [5.74, 6) is -0.139. The minimum Gasteiger partial charge on any atom is -0.350 e. The van der Waals surface area contributed by atoms with Crippen LogP contribution >= 0.6 is 0 Å². The summed E-state index contributed by atoms with van der Waals surface area (Å²) in [6.45, 7) is 7.05. The first kappa shape index (κ1) is 19.9. The second-order valence-electron chi connectivity index (χ2n) is 7.80. The number of hydrogen-bond donors (Lipinski definition) is 2. The first-order valence-corrected chi connectivity index (χ1v) is 9.02. The van der Waals surface area contributed by atoms with Crippen molar-refractivity contribution in [3.05, 3.63) is 35.4 Å². The van der Waals surface area contributed by atoms with Gasteiger partial charge in [0.15, 0.2) is 0 Å². The van der Waals surface area contributed by atoms with Crippen molar-refractivity contribution in [3.8, 4) is 6.07 Å². The zero-order valence-corrected chi connectivity index (χ0v) is 16.0. The van der Waals surface area contributed by atoms with Gasteiger partial charge in [-0.05, 0) is 43.0 Å². The van der Waals surface area contributed by atoms with Crippen LogP contribution < -0.4 is 10.6 Å². The fourth-order valence-electron chi connectivity index (χ4n) is 3.40. The Morgan fingerprint density at radius 3 is 2.50 bits per heavy atom. The Balaban J connectivity index is 2.00. The molecule has 1 aliphatic rings. The van der Waals surface area contributed by atoms with E-state index < -0.39 is 6.04 Å². The number of nitrogens with zero attached hydrogens (tertiary/aromatic N) is 2. The smallest absolute Gasteiger partial charge is 0.243 e. The average molecular weight is 356 g/mol. The largest absolute Gasteiger partial charge is 0.350 e. The van der Waals surface area contributed by atoms with E-state index in [0.717, 1.165) is 12.0 Å². The van der Waals surface area contributed by atoms with Crippen molar-refractivity contribution in [2.45, 2.75) is 52.2 Å². The molecule has 1 aromatic carbocycles. The predicted octanol–water partition coefficient (Wildman–Crippen LogP) is 1.80. The number of nitrogens with one attached hydrogen (secondary N) is 2. The Bertz CT molecular complexity index is 685. The van der Waals surface area contributed by atoms with Gasteiger partial charge in [0.05, 0.1) is 17.7 Å². The molecule has 1 aromatic rings. The third-order valence-electron chi connectivity index (χ3n) is 4.79. The second-order valence-corrected chi connectivity index (χ2v) is 7.80. The molecule has 0 spiro atoms. The number of carbonyl (C=O) groups excluding carboxylic acids is 2. The fraction of sp³-hybridized carbons (Fsp3) is 0.550. The van der Waals surface area contributed by atoms with Gasteiger partial charge in [0, 0.05) is 13.1 Å². The summed E-state index contributed by atoms with van der Waals surface area (Å²) in [7, 11) is 1.78. The lowest BCUT2D eigenvalue weighted by Crippen LogP contribution is -2.55. The van der Waals surface area contributed by atoms with Crippen LogP contribution in [-0.2, 0) is 16.1 Å². The van der Waals surface area contributed by atoms with E-state index in [1.807, 2.05) is 32.9 Å². The van der Waals surface area contributed by atoms with Crippen molar-refractivity contribution in [1.29, 1.82) is 5.26 Å². The lowest BCUT2D eigenvalue weighted by atomic mass is 9.86. The van der Waals surface area contributed by atoms with E-state index in [4.69, 9.17) is 5.26 Å². The zero-order valence-electron chi connectivity index (χ0n) is 16.0. The molecule has 0 radical (unpaired) electrons. The summed E-state index contributed by atoms with van der Waals surface area (Å²) in [5, 5.41) is 14.9. The summed E-state index contributed by atoms with van der Waals surface area (Å²) in [5.41, 5.74) is 1.29. The Labute approximate surface area is 155 Å². The van der Waals surface area contributed by atoms with Gasteiger partial charge in [0.25, 0.3) is 0 Å². The molecule has 0 aromatic heterocycles. The molecule has 2 unspecified atom stereocenters.